The zero-order valence-corrected chi connectivity index (χ0v) is 15.6. The molecule has 0 spiro atoms. The highest BCUT2D eigenvalue weighted by Gasteiger charge is 2.21. The molecule has 1 aromatic rings. The summed E-state index contributed by atoms with van der Waals surface area (Å²) in [6.07, 6.45) is 3.08. The first kappa shape index (κ1) is 19.1. The van der Waals surface area contributed by atoms with Crippen LogP contribution in [0.5, 0.6) is 0 Å². The summed E-state index contributed by atoms with van der Waals surface area (Å²) < 4.78 is 5.17. The molecular weight excluding hydrogens is 318 g/mol. The van der Waals surface area contributed by atoms with Crippen molar-refractivity contribution in [3.8, 4) is 0 Å². The van der Waals surface area contributed by atoms with Crippen molar-refractivity contribution in [1.82, 2.24) is 5.32 Å². The van der Waals surface area contributed by atoms with Crippen molar-refractivity contribution < 1.29 is 14.3 Å². The molecule has 2 amide bonds. The van der Waals surface area contributed by atoms with Gasteiger partial charge in [-0.25, -0.2) is 4.79 Å². The molecule has 1 aromatic carbocycles. The molecule has 2 N–H and O–H groups in total. The van der Waals surface area contributed by atoms with Crippen LogP contribution in [0.1, 0.15) is 47.0 Å². The van der Waals surface area contributed by atoms with Gasteiger partial charge in [-0.1, -0.05) is 6.07 Å². The van der Waals surface area contributed by atoms with Crippen LogP contribution in [0.15, 0.2) is 24.3 Å². The van der Waals surface area contributed by atoms with Crippen molar-refractivity contribution in [2.75, 3.05) is 23.3 Å². The third-order valence-corrected chi connectivity index (χ3v) is 3.96. The number of anilines is 2. The normalized spacial score (nSPS) is 16.1. The van der Waals surface area contributed by atoms with Crippen LogP contribution in [0.2, 0.25) is 0 Å². The Kier molecular flexibility index (Phi) is 6.28. The molecule has 1 atom stereocenters. The first-order valence-electron chi connectivity index (χ1n) is 8.90. The minimum absolute atomic E-state index is 0.276. The Hall–Kier alpha value is -2.24. The molecule has 1 saturated heterocycles. The molecule has 6 nitrogen and oxygen atoms in total. The lowest BCUT2D eigenvalue weighted by Crippen LogP contribution is -2.44. The van der Waals surface area contributed by atoms with Gasteiger partial charge in [-0.2, -0.15) is 0 Å². The van der Waals surface area contributed by atoms with E-state index in [0.29, 0.717) is 0 Å². The first-order valence-corrected chi connectivity index (χ1v) is 8.90. The number of hydrogen-bond donors (Lipinski definition) is 2. The van der Waals surface area contributed by atoms with Crippen LogP contribution in [0.25, 0.3) is 0 Å². The number of carbonyl (C=O) groups is 2. The number of carbonyl (C=O) groups excluding carboxylic acids is 2. The second-order valence-electron chi connectivity index (χ2n) is 7.46. The molecular formula is C19H29N3O3. The Balaban J connectivity index is 1.92. The van der Waals surface area contributed by atoms with Crippen LogP contribution in [0.3, 0.4) is 0 Å². The van der Waals surface area contributed by atoms with Gasteiger partial charge in [-0.3, -0.25) is 4.79 Å². The van der Waals surface area contributed by atoms with Gasteiger partial charge in [0.15, 0.2) is 0 Å². The predicted octanol–water partition coefficient (Wildman–Crippen LogP) is 3.53. The summed E-state index contributed by atoms with van der Waals surface area (Å²) >= 11 is 0. The van der Waals surface area contributed by atoms with Crippen molar-refractivity contribution >= 4 is 23.4 Å². The number of hydrogen-bond acceptors (Lipinski definition) is 4. The van der Waals surface area contributed by atoms with E-state index < -0.39 is 17.7 Å². The van der Waals surface area contributed by atoms with Crippen molar-refractivity contribution in [1.29, 1.82) is 0 Å². The summed E-state index contributed by atoms with van der Waals surface area (Å²) in [6.45, 7) is 9.08. The van der Waals surface area contributed by atoms with Gasteiger partial charge < -0.3 is 20.3 Å². The van der Waals surface area contributed by atoms with Gasteiger partial charge in [-0.15, -0.1) is 0 Å². The number of rotatable bonds is 4. The highest BCUT2D eigenvalue weighted by atomic mass is 16.6. The standard InChI is InChI=1S/C19H29N3O3/c1-14(20-18(24)25-19(2,3)4)17(23)21-15-9-8-10-16(13-15)22-11-6-5-7-12-22/h8-10,13-14H,5-7,11-12H2,1-4H3,(H,20,24)(H,21,23). The van der Waals surface area contributed by atoms with Gasteiger partial charge in [0.1, 0.15) is 11.6 Å². The Morgan fingerprint density at radius 2 is 1.84 bits per heavy atom. The molecule has 6 heteroatoms. The van der Waals surface area contributed by atoms with Gasteiger partial charge in [-0.05, 0) is 65.2 Å². The van der Waals surface area contributed by atoms with Crippen LogP contribution in [-0.4, -0.2) is 36.7 Å². The van der Waals surface area contributed by atoms with Gasteiger partial charge in [0, 0.05) is 24.5 Å². The van der Waals surface area contributed by atoms with Gasteiger partial charge >= 0.3 is 6.09 Å². The van der Waals surface area contributed by atoms with E-state index in [2.05, 4.69) is 21.6 Å². The van der Waals surface area contributed by atoms with Crippen molar-refractivity contribution in [2.45, 2.75) is 58.6 Å². The minimum atomic E-state index is -0.687. The number of alkyl carbamates (subject to hydrolysis) is 1. The van der Waals surface area contributed by atoms with Crippen LogP contribution in [0, 0.1) is 0 Å². The fraction of sp³-hybridized carbons (Fsp3) is 0.579. The minimum Gasteiger partial charge on any atom is -0.444 e. The fourth-order valence-corrected chi connectivity index (χ4v) is 2.73. The van der Waals surface area contributed by atoms with E-state index in [9.17, 15) is 9.59 Å². The SMILES string of the molecule is CC(NC(=O)OC(C)(C)C)C(=O)Nc1cccc(N2CCCCC2)c1. The molecule has 1 unspecified atom stereocenters. The lowest BCUT2D eigenvalue weighted by atomic mass is 10.1. The van der Waals surface area contributed by atoms with Gasteiger partial charge in [0.25, 0.3) is 0 Å². The summed E-state index contributed by atoms with van der Waals surface area (Å²) in [5.74, 6) is -0.276. The maximum Gasteiger partial charge on any atom is 0.408 e. The van der Waals surface area contributed by atoms with E-state index >= 15 is 0 Å². The number of amides is 2. The number of piperidine rings is 1. The zero-order valence-electron chi connectivity index (χ0n) is 15.6. The number of benzene rings is 1. The largest absolute Gasteiger partial charge is 0.444 e. The molecule has 0 bridgehead atoms. The third-order valence-electron chi connectivity index (χ3n) is 3.96. The molecule has 1 aliphatic heterocycles. The molecule has 25 heavy (non-hydrogen) atoms. The van der Waals surface area contributed by atoms with Crippen LogP contribution < -0.4 is 15.5 Å². The van der Waals surface area contributed by atoms with E-state index in [1.165, 1.54) is 19.3 Å². The predicted molar refractivity (Wildman–Crippen MR) is 100.0 cm³/mol. The van der Waals surface area contributed by atoms with Gasteiger partial charge in [0.2, 0.25) is 5.91 Å². The zero-order chi connectivity index (χ0) is 18.4. The summed E-state index contributed by atoms with van der Waals surface area (Å²) in [5.41, 5.74) is 1.25. The van der Waals surface area contributed by atoms with E-state index in [1.807, 2.05) is 18.2 Å². The first-order chi connectivity index (χ1) is 11.7. The highest BCUT2D eigenvalue weighted by Crippen LogP contribution is 2.23. The lowest BCUT2D eigenvalue weighted by molar-refractivity contribution is -0.117. The second kappa shape index (κ2) is 8.23. The molecule has 1 fully saturated rings. The van der Waals surface area contributed by atoms with Crippen LogP contribution >= 0.6 is 0 Å². The van der Waals surface area contributed by atoms with Crippen LogP contribution in [-0.2, 0) is 9.53 Å². The summed E-state index contributed by atoms with van der Waals surface area (Å²) in [6, 6.07) is 7.14. The van der Waals surface area contributed by atoms with Crippen LogP contribution in [0.4, 0.5) is 16.2 Å². The molecule has 0 saturated carbocycles. The summed E-state index contributed by atoms with van der Waals surface area (Å²) in [7, 11) is 0. The molecule has 0 aliphatic carbocycles. The van der Waals surface area contributed by atoms with E-state index in [0.717, 1.165) is 24.5 Å². The Morgan fingerprint density at radius 3 is 2.48 bits per heavy atom. The quantitative estimate of drug-likeness (QED) is 0.874. The summed E-state index contributed by atoms with van der Waals surface area (Å²) in [4.78, 5) is 26.4. The van der Waals surface area contributed by atoms with Gasteiger partial charge in [0.05, 0.1) is 0 Å². The van der Waals surface area contributed by atoms with Crippen molar-refractivity contribution in [3.05, 3.63) is 24.3 Å². The Morgan fingerprint density at radius 1 is 1.16 bits per heavy atom. The average molecular weight is 347 g/mol. The monoisotopic (exact) mass is 347 g/mol. The maximum atomic E-state index is 12.3. The van der Waals surface area contributed by atoms with E-state index in [-0.39, 0.29) is 5.91 Å². The molecule has 0 aromatic heterocycles. The van der Waals surface area contributed by atoms with E-state index in [4.69, 9.17) is 4.74 Å². The van der Waals surface area contributed by atoms with Crippen molar-refractivity contribution in [3.63, 3.8) is 0 Å². The number of nitrogens with one attached hydrogen (secondary N) is 2. The van der Waals surface area contributed by atoms with E-state index in [1.54, 1.807) is 27.7 Å². The summed E-state index contributed by atoms with van der Waals surface area (Å²) in [5, 5.41) is 5.40. The highest BCUT2D eigenvalue weighted by molar-refractivity contribution is 5.96. The Labute approximate surface area is 149 Å². The smallest absolute Gasteiger partial charge is 0.408 e. The molecule has 2 rings (SSSR count). The maximum absolute atomic E-state index is 12.3. The molecule has 138 valence electrons. The number of nitrogens with zero attached hydrogens (tertiary/aromatic N) is 1. The third kappa shape index (κ3) is 6.29. The molecule has 1 heterocycles. The molecule has 0 radical (unpaired) electrons. The second-order valence-corrected chi connectivity index (χ2v) is 7.46. The fourth-order valence-electron chi connectivity index (χ4n) is 2.73. The topological polar surface area (TPSA) is 70.7 Å². The number of ether oxygens (including phenoxy) is 1. The Bertz CT molecular complexity index is 604. The van der Waals surface area contributed by atoms with Crippen molar-refractivity contribution in [2.24, 2.45) is 0 Å². The average Bonchev–Trinajstić information content (AvgIpc) is 2.54. The molecule has 1 aliphatic rings. The lowest BCUT2D eigenvalue weighted by Gasteiger charge is -2.29.